The molecule has 5 rings (SSSR count). The number of para-hydroxylation sites is 1. The summed E-state index contributed by atoms with van der Waals surface area (Å²) in [6.07, 6.45) is -0.201. The average molecular weight is 300 g/mol. The van der Waals surface area contributed by atoms with Gasteiger partial charge in [0.05, 0.1) is 5.92 Å². The molecule has 2 aliphatic heterocycles. The maximum Gasteiger partial charge on any atom is 0.211 e. The van der Waals surface area contributed by atoms with Gasteiger partial charge in [0.25, 0.3) is 0 Å². The lowest BCUT2D eigenvalue weighted by atomic mass is 9.69. The lowest BCUT2D eigenvalue weighted by Crippen LogP contribution is -2.56. The van der Waals surface area contributed by atoms with Crippen LogP contribution in [0.1, 0.15) is 22.6 Å². The summed E-state index contributed by atoms with van der Waals surface area (Å²) in [4.78, 5) is 0. The molecular weight excluding hydrogens is 284 g/mol. The molecule has 0 N–H and O–H groups in total. The second kappa shape index (κ2) is 4.71. The van der Waals surface area contributed by atoms with Gasteiger partial charge in [0.2, 0.25) is 6.29 Å². The Bertz CT molecular complexity index is 802. The average Bonchev–Trinajstić information content (AvgIpc) is 2.90. The Kier molecular flexibility index (Phi) is 2.64. The molecule has 0 aromatic heterocycles. The molecule has 2 aliphatic rings. The van der Waals surface area contributed by atoms with Gasteiger partial charge in [-0.15, -0.1) is 0 Å². The molecule has 1 saturated heterocycles. The van der Waals surface area contributed by atoms with Crippen LogP contribution in [-0.2, 0) is 10.3 Å². The van der Waals surface area contributed by atoms with Crippen molar-refractivity contribution in [2.24, 2.45) is 0 Å². The SMILES string of the molecule is c1ccc(C2(c3ccccc3)OC3Oc4ccccc4C32)cc1. The largest absolute Gasteiger partial charge is 0.464 e. The molecule has 1 fully saturated rings. The fourth-order valence-electron chi connectivity index (χ4n) is 3.90. The summed E-state index contributed by atoms with van der Waals surface area (Å²) in [6, 6.07) is 29.2. The molecule has 2 unspecified atom stereocenters. The molecule has 0 bridgehead atoms. The van der Waals surface area contributed by atoms with E-state index in [1.54, 1.807) is 0 Å². The van der Waals surface area contributed by atoms with Crippen molar-refractivity contribution in [3.63, 3.8) is 0 Å². The topological polar surface area (TPSA) is 18.5 Å². The maximum atomic E-state index is 6.38. The molecule has 0 spiro atoms. The highest BCUT2D eigenvalue weighted by Gasteiger charge is 2.63. The predicted molar refractivity (Wildman–Crippen MR) is 88.3 cm³/mol. The van der Waals surface area contributed by atoms with Crippen LogP contribution in [0.5, 0.6) is 5.75 Å². The lowest BCUT2D eigenvalue weighted by Gasteiger charge is -2.51. The Labute approximate surface area is 135 Å². The third-order valence-electron chi connectivity index (χ3n) is 4.91. The van der Waals surface area contributed by atoms with Crippen molar-refractivity contribution in [3.05, 3.63) is 102 Å². The van der Waals surface area contributed by atoms with Crippen molar-refractivity contribution in [3.8, 4) is 5.75 Å². The third-order valence-corrected chi connectivity index (χ3v) is 4.91. The van der Waals surface area contributed by atoms with Gasteiger partial charge in [-0.05, 0) is 17.2 Å². The summed E-state index contributed by atoms with van der Waals surface area (Å²) >= 11 is 0. The Morgan fingerprint density at radius 3 is 1.87 bits per heavy atom. The van der Waals surface area contributed by atoms with Gasteiger partial charge in [0.15, 0.2) is 0 Å². The summed E-state index contributed by atoms with van der Waals surface area (Å²) in [5.74, 6) is 1.12. The number of fused-ring (bicyclic) bond motifs is 3. The lowest BCUT2D eigenvalue weighted by molar-refractivity contribution is -0.273. The molecule has 3 aromatic rings. The standard InChI is InChI=1S/C21H16O2/c1-3-9-15(10-4-1)21(16-11-5-2-6-12-16)19-17-13-7-8-14-18(17)22-20(19)23-21/h1-14,19-20H. The predicted octanol–water partition coefficient (Wildman–Crippen LogP) is 4.46. The first-order valence-electron chi connectivity index (χ1n) is 7.94. The Balaban J connectivity index is 1.73. The van der Waals surface area contributed by atoms with E-state index in [0.29, 0.717) is 0 Å². The molecule has 2 heteroatoms. The molecule has 0 radical (unpaired) electrons. The van der Waals surface area contributed by atoms with Crippen LogP contribution < -0.4 is 4.74 Å². The smallest absolute Gasteiger partial charge is 0.211 e. The second-order valence-corrected chi connectivity index (χ2v) is 6.09. The van der Waals surface area contributed by atoms with Gasteiger partial charge in [-0.1, -0.05) is 78.9 Å². The molecule has 112 valence electrons. The first-order valence-corrected chi connectivity index (χ1v) is 7.94. The summed E-state index contributed by atoms with van der Waals surface area (Å²) in [7, 11) is 0. The van der Waals surface area contributed by atoms with Crippen molar-refractivity contribution in [2.45, 2.75) is 17.8 Å². The quantitative estimate of drug-likeness (QED) is 0.695. The molecule has 2 nitrogen and oxygen atoms in total. The fourth-order valence-corrected chi connectivity index (χ4v) is 3.90. The Morgan fingerprint density at radius 1 is 0.652 bits per heavy atom. The normalized spacial score (nSPS) is 23.3. The second-order valence-electron chi connectivity index (χ2n) is 6.09. The number of ether oxygens (including phenoxy) is 2. The van der Waals surface area contributed by atoms with Crippen LogP contribution in [0, 0.1) is 0 Å². The van der Waals surface area contributed by atoms with Crippen molar-refractivity contribution in [1.82, 2.24) is 0 Å². The van der Waals surface area contributed by atoms with E-state index in [-0.39, 0.29) is 12.2 Å². The van der Waals surface area contributed by atoms with E-state index in [4.69, 9.17) is 9.47 Å². The number of rotatable bonds is 2. The van der Waals surface area contributed by atoms with Gasteiger partial charge in [-0.25, -0.2) is 0 Å². The first kappa shape index (κ1) is 12.9. The third kappa shape index (κ3) is 1.67. The van der Waals surface area contributed by atoms with Crippen LogP contribution >= 0.6 is 0 Å². The molecule has 2 atom stereocenters. The molecular formula is C21H16O2. The van der Waals surface area contributed by atoms with Crippen LogP contribution in [0.3, 0.4) is 0 Å². The molecule has 3 aromatic carbocycles. The van der Waals surface area contributed by atoms with Gasteiger partial charge >= 0.3 is 0 Å². The molecule has 0 amide bonds. The summed E-state index contributed by atoms with van der Waals surface area (Å²) in [5, 5.41) is 0. The molecule has 23 heavy (non-hydrogen) atoms. The summed E-state index contributed by atoms with van der Waals surface area (Å²) < 4.78 is 12.4. The van der Waals surface area contributed by atoms with E-state index in [1.807, 2.05) is 24.3 Å². The van der Waals surface area contributed by atoms with Gasteiger partial charge in [-0.2, -0.15) is 0 Å². The molecule has 2 heterocycles. The van der Waals surface area contributed by atoms with E-state index in [9.17, 15) is 0 Å². The highest BCUT2D eigenvalue weighted by Crippen LogP contribution is 2.61. The van der Waals surface area contributed by atoms with Crippen LogP contribution in [0.2, 0.25) is 0 Å². The van der Waals surface area contributed by atoms with Crippen molar-refractivity contribution in [1.29, 1.82) is 0 Å². The van der Waals surface area contributed by atoms with Gasteiger partial charge < -0.3 is 9.47 Å². The summed E-state index contributed by atoms with van der Waals surface area (Å²) in [5.41, 5.74) is 3.11. The summed E-state index contributed by atoms with van der Waals surface area (Å²) in [6.45, 7) is 0. The van der Waals surface area contributed by atoms with Gasteiger partial charge in [0.1, 0.15) is 11.4 Å². The highest BCUT2D eigenvalue weighted by atomic mass is 16.7. The number of hydrogen-bond acceptors (Lipinski definition) is 2. The first-order chi connectivity index (χ1) is 11.4. The van der Waals surface area contributed by atoms with E-state index < -0.39 is 5.60 Å². The van der Waals surface area contributed by atoms with E-state index in [1.165, 1.54) is 16.7 Å². The number of benzene rings is 3. The minimum absolute atomic E-state index is 0.184. The van der Waals surface area contributed by atoms with Gasteiger partial charge in [-0.3, -0.25) is 0 Å². The zero-order valence-corrected chi connectivity index (χ0v) is 12.6. The van der Waals surface area contributed by atoms with E-state index in [2.05, 4.69) is 60.7 Å². The maximum absolute atomic E-state index is 6.38. The molecule has 0 saturated carbocycles. The van der Waals surface area contributed by atoms with E-state index >= 15 is 0 Å². The minimum Gasteiger partial charge on any atom is -0.464 e. The van der Waals surface area contributed by atoms with E-state index in [0.717, 1.165) is 5.75 Å². The fraction of sp³-hybridized carbons (Fsp3) is 0.143. The molecule has 0 aliphatic carbocycles. The zero-order valence-electron chi connectivity index (χ0n) is 12.6. The van der Waals surface area contributed by atoms with Crippen LogP contribution in [0.25, 0.3) is 0 Å². The van der Waals surface area contributed by atoms with Crippen molar-refractivity contribution >= 4 is 0 Å². The van der Waals surface area contributed by atoms with Crippen molar-refractivity contribution in [2.75, 3.05) is 0 Å². The highest BCUT2D eigenvalue weighted by molar-refractivity contribution is 5.52. The monoisotopic (exact) mass is 300 g/mol. The van der Waals surface area contributed by atoms with Crippen LogP contribution in [0.4, 0.5) is 0 Å². The van der Waals surface area contributed by atoms with Crippen molar-refractivity contribution < 1.29 is 9.47 Å². The number of hydrogen-bond donors (Lipinski definition) is 0. The minimum atomic E-state index is -0.472. The van der Waals surface area contributed by atoms with Gasteiger partial charge in [0, 0.05) is 5.56 Å². The zero-order chi connectivity index (χ0) is 15.3. The van der Waals surface area contributed by atoms with Crippen LogP contribution in [-0.4, -0.2) is 6.29 Å². The Hall–Kier alpha value is -2.58. The van der Waals surface area contributed by atoms with Crippen LogP contribution in [0.15, 0.2) is 84.9 Å². The Morgan fingerprint density at radius 2 is 1.22 bits per heavy atom.